The molecule has 1 heterocycles. The number of halogens is 2. The molecule has 19 heavy (non-hydrogen) atoms. The molecule has 0 aromatic carbocycles. The number of hydrogen-bond acceptors (Lipinski definition) is 3. The lowest BCUT2D eigenvalue weighted by Gasteiger charge is -2.17. The van der Waals surface area contributed by atoms with Crippen LogP contribution in [0.5, 0.6) is 0 Å². The number of aliphatic hydroxyl groups excluding tert-OH is 1. The first kappa shape index (κ1) is 15.1. The number of carbonyl (C=O) groups excluding carboxylic acids is 1. The van der Waals surface area contributed by atoms with E-state index < -0.39 is 37.0 Å². The number of nitrogens with zero attached hydrogens (tertiary/aromatic N) is 1. The molecular weight excluding hydrogens is 262 g/mol. The second-order valence-corrected chi connectivity index (χ2v) is 3.97. The molecule has 106 valence electrons. The summed E-state index contributed by atoms with van der Waals surface area (Å²) in [5, 5.41) is 20.1. The smallest absolute Gasteiger partial charge is 0.328 e. The highest BCUT2D eigenvalue weighted by Crippen LogP contribution is 2.07. The Morgan fingerprint density at radius 3 is 2.58 bits per heavy atom. The molecule has 0 saturated carbocycles. The van der Waals surface area contributed by atoms with Gasteiger partial charge < -0.3 is 20.1 Å². The molecule has 0 aliphatic rings. The molecule has 1 rings (SSSR count). The third-order valence-electron chi connectivity index (χ3n) is 2.43. The number of nitrogens with one attached hydrogen (secondary N) is 1. The molecule has 0 aliphatic heterocycles. The van der Waals surface area contributed by atoms with Gasteiger partial charge >= 0.3 is 5.97 Å². The van der Waals surface area contributed by atoms with Gasteiger partial charge in [0, 0.05) is 6.20 Å². The zero-order chi connectivity index (χ0) is 14.6. The maximum Gasteiger partial charge on any atom is 0.328 e. The van der Waals surface area contributed by atoms with E-state index in [2.05, 4.69) is 5.32 Å². The van der Waals surface area contributed by atoms with E-state index in [4.69, 9.17) is 5.11 Å². The third kappa shape index (κ3) is 4.02. The van der Waals surface area contributed by atoms with Crippen LogP contribution in [0.25, 0.3) is 0 Å². The summed E-state index contributed by atoms with van der Waals surface area (Å²) in [6.45, 7) is 0.541. The molecule has 0 aliphatic carbocycles. The Balaban J connectivity index is 2.83. The van der Waals surface area contributed by atoms with Gasteiger partial charge in [0.25, 0.3) is 12.3 Å². The number of amides is 1. The molecule has 6 nitrogen and oxygen atoms in total. The summed E-state index contributed by atoms with van der Waals surface area (Å²) in [4.78, 5) is 22.6. The summed E-state index contributed by atoms with van der Waals surface area (Å²) in [5.74, 6) is -2.24. The van der Waals surface area contributed by atoms with Crippen LogP contribution in [0.1, 0.15) is 17.4 Å². The highest BCUT2D eigenvalue weighted by atomic mass is 19.3. The number of alkyl halides is 2. The first-order chi connectivity index (χ1) is 8.82. The van der Waals surface area contributed by atoms with Gasteiger partial charge in [-0.3, -0.25) is 4.79 Å². The van der Waals surface area contributed by atoms with E-state index in [1.165, 1.54) is 25.3 Å². The first-order valence-corrected chi connectivity index (χ1v) is 5.48. The SMILES string of the molecule is C[C@@H](O)[C@H](NC(=O)c1cccn1CC(F)F)C(=O)O. The Hall–Kier alpha value is -1.96. The van der Waals surface area contributed by atoms with Gasteiger partial charge in [0.05, 0.1) is 12.6 Å². The van der Waals surface area contributed by atoms with Gasteiger partial charge in [0.1, 0.15) is 5.69 Å². The van der Waals surface area contributed by atoms with Gasteiger partial charge in [0.2, 0.25) is 0 Å². The molecule has 8 heteroatoms. The maximum atomic E-state index is 12.3. The van der Waals surface area contributed by atoms with Crippen molar-refractivity contribution in [1.82, 2.24) is 9.88 Å². The van der Waals surface area contributed by atoms with E-state index in [-0.39, 0.29) is 5.69 Å². The van der Waals surface area contributed by atoms with Gasteiger partial charge in [0.15, 0.2) is 6.04 Å². The summed E-state index contributed by atoms with van der Waals surface area (Å²) in [6, 6.07) is 1.19. The molecule has 0 unspecified atom stereocenters. The molecule has 1 aromatic heterocycles. The van der Waals surface area contributed by atoms with Gasteiger partial charge in [-0.25, -0.2) is 13.6 Å². The Morgan fingerprint density at radius 1 is 1.47 bits per heavy atom. The van der Waals surface area contributed by atoms with Crippen LogP contribution in [0.15, 0.2) is 18.3 Å². The number of aromatic nitrogens is 1. The van der Waals surface area contributed by atoms with Crippen LogP contribution in [0.3, 0.4) is 0 Å². The predicted molar refractivity (Wildman–Crippen MR) is 61.0 cm³/mol. The van der Waals surface area contributed by atoms with E-state index in [0.717, 1.165) is 4.57 Å². The molecule has 0 spiro atoms. The predicted octanol–water partition coefficient (Wildman–Crippen LogP) is 0.317. The number of hydrogen-bond donors (Lipinski definition) is 3. The topological polar surface area (TPSA) is 91.6 Å². The molecule has 1 amide bonds. The van der Waals surface area contributed by atoms with E-state index in [1.54, 1.807) is 0 Å². The van der Waals surface area contributed by atoms with E-state index >= 15 is 0 Å². The van der Waals surface area contributed by atoms with E-state index in [1.807, 2.05) is 0 Å². The minimum Gasteiger partial charge on any atom is -0.480 e. The second-order valence-electron chi connectivity index (χ2n) is 3.97. The van der Waals surface area contributed by atoms with Crippen molar-refractivity contribution >= 4 is 11.9 Å². The summed E-state index contributed by atoms with van der Waals surface area (Å²) >= 11 is 0. The van der Waals surface area contributed by atoms with Gasteiger partial charge in [-0.2, -0.15) is 0 Å². The van der Waals surface area contributed by atoms with Crippen molar-refractivity contribution in [3.8, 4) is 0 Å². The Bertz CT molecular complexity index is 459. The largest absolute Gasteiger partial charge is 0.480 e. The second kappa shape index (κ2) is 6.28. The van der Waals surface area contributed by atoms with Crippen LogP contribution in [0.2, 0.25) is 0 Å². The van der Waals surface area contributed by atoms with Crippen LogP contribution in [0.4, 0.5) is 8.78 Å². The van der Waals surface area contributed by atoms with Crippen LogP contribution in [-0.2, 0) is 11.3 Å². The average molecular weight is 276 g/mol. The summed E-state index contributed by atoms with van der Waals surface area (Å²) in [5.41, 5.74) is -0.0906. The fourth-order valence-corrected chi connectivity index (χ4v) is 1.53. The Morgan fingerprint density at radius 2 is 2.11 bits per heavy atom. The molecule has 1 aromatic rings. The van der Waals surface area contributed by atoms with E-state index in [9.17, 15) is 23.5 Å². The molecule has 0 saturated heterocycles. The lowest BCUT2D eigenvalue weighted by Crippen LogP contribution is -2.48. The zero-order valence-corrected chi connectivity index (χ0v) is 10.1. The average Bonchev–Trinajstić information content (AvgIpc) is 2.71. The standard InChI is InChI=1S/C11H14F2N2O4/c1-6(16)9(11(18)19)14-10(17)7-3-2-4-15(7)5-8(12)13/h2-4,6,8-9,16H,5H2,1H3,(H,14,17)(H,18,19)/t6-,9+/m1/s1. The first-order valence-electron chi connectivity index (χ1n) is 5.48. The minimum atomic E-state index is -2.63. The summed E-state index contributed by atoms with van der Waals surface area (Å²) < 4.78 is 25.6. The fraction of sp³-hybridized carbons (Fsp3) is 0.455. The normalized spacial score (nSPS) is 14.2. The molecule has 0 radical (unpaired) electrons. The Labute approximate surface area is 107 Å². The zero-order valence-electron chi connectivity index (χ0n) is 10.1. The highest BCUT2D eigenvalue weighted by Gasteiger charge is 2.26. The number of aliphatic hydroxyl groups is 1. The monoisotopic (exact) mass is 276 g/mol. The van der Waals surface area contributed by atoms with Gasteiger partial charge in [-0.1, -0.05) is 0 Å². The lowest BCUT2D eigenvalue weighted by molar-refractivity contribution is -0.141. The van der Waals surface area contributed by atoms with Crippen molar-refractivity contribution in [1.29, 1.82) is 0 Å². The Kier molecular flexibility index (Phi) is 4.99. The molecule has 0 bridgehead atoms. The van der Waals surface area contributed by atoms with Crippen LogP contribution >= 0.6 is 0 Å². The lowest BCUT2D eigenvalue weighted by atomic mass is 10.2. The number of rotatable bonds is 6. The summed E-state index contributed by atoms with van der Waals surface area (Å²) in [7, 11) is 0. The minimum absolute atomic E-state index is 0.0906. The fourth-order valence-electron chi connectivity index (χ4n) is 1.53. The van der Waals surface area contributed by atoms with Crippen LogP contribution in [-0.4, -0.2) is 45.2 Å². The van der Waals surface area contributed by atoms with Crippen molar-refractivity contribution in [2.24, 2.45) is 0 Å². The molecule has 3 N–H and O–H groups in total. The maximum absolute atomic E-state index is 12.3. The summed E-state index contributed by atoms with van der Waals surface area (Å²) in [6.07, 6.45) is -2.65. The van der Waals surface area contributed by atoms with Crippen molar-refractivity contribution in [2.45, 2.75) is 32.0 Å². The van der Waals surface area contributed by atoms with Crippen molar-refractivity contribution < 1.29 is 28.6 Å². The highest BCUT2D eigenvalue weighted by molar-refractivity contribution is 5.95. The molecular formula is C11H14F2N2O4. The van der Waals surface area contributed by atoms with Crippen molar-refractivity contribution in [3.05, 3.63) is 24.0 Å². The quantitative estimate of drug-likeness (QED) is 0.697. The molecule has 2 atom stereocenters. The van der Waals surface area contributed by atoms with Crippen LogP contribution in [0, 0.1) is 0 Å². The van der Waals surface area contributed by atoms with E-state index in [0.29, 0.717) is 0 Å². The number of carbonyl (C=O) groups is 2. The van der Waals surface area contributed by atoms with Crippen molar-refractivity contribution in [3.63, 3.8) is 0 Å². The number of aliphatic carboxylic acids is 1. The van der Waals surface area contributed by atoms with Crippen molar-refractivity contribution in [2.75, 3.05) is 0 Å². The third-order valence-corrected chi connectivity index (χ3v) is 2.43. The van der Waals surface area contributed by atoms with Gasteiger partial charge in [-0.15, -0.1) is 0 Å². The number of carboxylic acid groups (broad SMARTS) is 1. The number of carboxylic acids is 1. The van der Waals surface area contributed by atoms with Gasteiger partial charge in [-0.05, 0) is 19.1 Å². The van der Waals surface area contributed by atoms with Crippen LogP contribution < -0.4 is 5.32 Å². The molecule has 0 fully saturated rings.